The van der Waals surface area contributed by atoms with Gasteiger partial charge in [0.15, 0.2) is 11.2 Å². The molecule has 21 heavy (non-hydrogen) atoms. The molecule has 0 aromatic carbocycles. The van der Waals surface area contributed by atoms with E-state index in [9.17, 15) is 5.11 Å². The normalized spacial score (nSPS) is 22.6. The van der Waals surface area contributed by atoms with Gasteiger partial charge in [0.05, 0.1) is 29.9 Å². The van der Waals surface area contributed by atoms with Crippen LogP contribution >= 0.6 is 11.8 Å². The van der Waals surface area contributed by atoms with Crippen LogP contribution in [0.5, 0.6) is 0 Å². The van der Waals surface area contributed by atoms with Crippen molar-refractivity contribution in [3.8, 4) is 0 Å². The van der Waals surface area contributed by atoms with E-state index in [1.54, 1.807) is 24.4 Å². The van der Waals surface area contributed by atoms with Gasteiger partial charge in [-0.3, -0.25) is 4.57 Å². The highest BCUT2D eigenvalue weighted by atomic mass is 32.2. The predicted molar refractivity (Wildman–Crippen MR) is 79.3 cm³/mol. The zero-order valence-corrected chi connectivity index (χ0v) is 12.3. The molecule has 110 valence electrons. The number of fused-ring (bicyclic) bond motifs is 3. The van der Waals surface area contributed by atoms with Crippen LogP contribution in [0.3, 0.4) is 0 Å². The largest absolute Gasteiger partial charge is 0.462 e. The smallest absolute Gasteiger partial charge is 0.164 e. The Hall–Kier alpha value is -1.57. The molecule has 6 nitrogen and oxygen atoms in total. The summed E-state index contributed by atoms with van der Waals surface area (Å²) in [6.07, 6.45) is 6.72. The van der Waals surface area contributed by atoms with Gasteiger partial charge in [0, 0.05) is 6.07 Å². The first-order valence-electron chi connectivity index (χ1n) is 6.86. The summed E-state index contributed by atoms with van der Waals surface area (Å²) >= 11 is 1.57. The summed E-state index contributed by atoms with van der Waals surface area (Å²) in [7, 11) is 0. The molecule has 4 rings (SSSR count). The molecule has 1 N–H and O–H groups in total. The van der Waals surface area contributed by atoms with Gasteiger partial charge in [-0.2, -0.15) is 0 Å². The third kappa shape index (κ3) is 1.88. The Balaban J connectivity index is 1.96. The Morgan fingerprint density at radius 2 is 2.33 bits per heavy atom. The molecule has 1 aliphatic heterocycles. The van der Waals surface area contributed by atoms with Crippen molar-refractivity contribution in [1.29, 1.82) is 0 Å². The number of rotatable bonds is 3. The first kappa shape index (κ1) is 13.1. The van der Waals surface area contributed by atoms with Gasteiger partial charge in [0.25, 0.3) is 0 Å². The van der Waals surface area contributed by atoms with E-state index >= 15 is 0 Å². The van der Waals surface area contributed by atoms with E-state index in [1.807, 2.05) is 12.3 Å². The second-order valence-corrected chi connectivity index (χ2v) is 5.85. The lowest BCUT2D eigenvalue weighted by Crippen LogP contribution is -2.14. The minimum absolute atomic E-state index is 0.0509. The summed E-state index contributed by atoms with van der Waals surface area (Å²) in [5.74, 6) is 0. The number of hydrogen-bond acceptors (Lipinski definition) is 6. The highest BCUT2D eigenvalue weighted by Gasteiger charge is 2.30. The molecule has 3 aromatic rings. The molecular formula is C14H15N3O3S. The average molecular weight is 305 g/mol. The molecule has 1 fully saturated rings. The molecule has 0 amide bonds. The van der Waals surface area contributed by atoms with Crippen molar-refractivity contribution >= 4 is 33.9 Å². The molecule has 4 heterocycles. The maximum absolute atomic E-state index is 9.27. The first-order chi connectivity index (χ1) is 10.3. The number of nitrogens with zero attached hydrogens (tertiary/aromatic N) is 3. The second kappa shape index (κ2) is 5.01. The summed E-state index contributed by atoms with van der Waals surface area (Å²) < 4.78 is 13.6. The Morgan fingerprint density at radius 1 is 1.43 bits per heavy atom. The van der Waals surface area contributed by atoms with Crippen LogP contribution in [0, 0.1) is 0 Å². The standard InChI is InChI=1S/C14H15N3O3S/c1-21-14-11-12-9(4-5-19-12)17(13(11)15-7-16-14)10-3-2-8(6-18)20-10/h4-5,7-8,10,18H,2-3,6H2,1H3. The minimum Gasteiger partial charge on any atom is -0.462 e. The average Bonchev–Trinajstić information content (AvgIpc) is 3.21. The van der Waals surface area contributed by atoms with E-state index < -0.39 is 0 Å². The van der Waals surface area contributed by atoms with Crippen LogP contribution in [0.25, 0.3) is 22.1 Å². The number of ether oxygens (including phenoxy) is 1. The molecule has 0 radical (unpaired) electrons. The molecule has 0 bridgehead atoms. The molecule has 2 unspecified atom stereocenters. The van der Waals surface area contributed by atoms with Gasteiger partial charge in [-0.1, -0.05) is 0 Å². The maximum atomic E-state index is 9.27. The molecule has 2 atom stereocenters. The predicted octanol–water partition coefficient (Wildman–Crippen LogP) is 2.57. The number of aliphatic hydroxyl groups is 1. The number of hydrogen-bond donors (Lipinski definition) is 1. The fourth-order valence-corrected chi connectivity index (χ4v) is 3.53. The van der Waals surface area contributed by atoms with Crippen molar-refractivity contribution in [2.24, 2.45) is 0 Å². The lowest BCUT2D eigenvalue weighted by atomic mass is 10.2. The van der Waals surface area contributed by atoms with E-state index in [-0.39, 0.29) is 18.9 Å². The van der Waals surface area contributed by atoms with Gasteiger partial charge in [-0.25, -0.2) is 9.97 Å². The van der Waals surface area contributed by atoms with Gasteiger partial charge in [-0.05, 0) is 19.1 Å². The monoisotopic (exact) mass is 305 g/mol. The number of aromatic nitrogens is 3. The van der Waals surface area contributed by atoms with E-state index in [4.69, 9.17) is 9.15 Å². The van der Waals surface area contributed by atoms with Crippen molar-refractivity contribution in [3.05, 3.63) is 18.7 Å². The lowest BCUT2D eigenvalue weighted by molar-refractivity contribution is -0.0186. The molecule has 0 spiro atoms. The molecular weight excluding hydrogens is 290 g/mol. The molecule has 0 saturated carbocycles. The van der Waals surface area contributed by atoms with Crippen LogP contribution < -0.4 is 0 Å². The first-order valence-corrected chi connectivity index (χ1v) is 8.08. The molecule has 7 heteroatoms. The Labute approximate surface area is 125 Å². The van der Waals surface area contributed by atoms with Crippen molar-refractivity contribution in [3.63, 3.8) is 0 Å². The third-order valence-corrected chi connectivity index (χ3v) is 4.62. The summed E-state index contributed by atoms with van der Waals surface area (Å²) in [4.78, 5) is 8.75. The highest BCUT2D eigenvalue weighted by Crippen LogP contribution is 2.39. The van der Waals surface area contributed by atoms with Gasteiger partial charge < -0.3 is 14.3 Å². The minimum atomic E-state index is -0.121. The van der Waals surface area contributed by atoms with Crippen molar-refractivity contribution in [2.45, 2.75) is 30.2 Å². The van der Waals surface area contributed by atoms with E-state index in [1.165, 1.54) is 0 Å². The zero-order valence-electron chi connectivity index (χ0n) is 11.5. The van der Waals surface area contributed by atoms with Crippen LogP contribution in [0.2, 0.25) is 0 Å². The highest BCUT2D eigenvalue weighted by molar-refractivity contribution is 7.98. The van der Waals surface area contributed by atoms with Gasteiger partial charge in [0.1, 0.15) is 17.6 Å². The number of thioether (sulfide) groups is 1. The Kier molecular flexibility index (Phi) is 3.13. The third-order valence-electron chi connectivity index (χ3n) is 3.92. The van der Waals surface area contributed by atoms with Crippen LogP contribution in [-0.2, 0) is 4.74 Å². The molecule has 1 aliphatic rings. The van der Waals surface area contributed by atoms with E-state index in [2.05, 4.69) is 14.5 Å². The summed E-state index contributed by atoms with van der Waals surface area (Å²) in [5.41, 5.74) is 2.59. The SMILES string of the molecule is CSc1ncnc2c1c1occc1n2C1CCC(CO)O1. The molecule has 1 saturated heterocycles. The molecule has 0 aliphatic carbocycles. The van der Waals surface area contributed by atoms with Crippen molar-refractivity contribution in [2.75, 3.05) is 12.9 Å². The molecule has 3 aromatic heterocycles. The van der Waals surface area contributed by atoms with Crippen LogP contribution in [0.4, 0.5) is 0 Å². The van der Waals surface area contributed by atoms with E-state index in [0.717, 1.165) is 40.0 Å². The zero-order chi connectivity index (χ0) is 14.4. The Morgan fingerprint density at radius 3 is 3.10 bits per heavy atom. The van der Waals surface area contributed by atoms with Crippen LogP contribution in [0.15, 0.2) is 28.1 Å². The van der Waals surface area contributed by atoms with Gasteiger partial charge in [-0.15, -0.1) is 11.8 Å². The summed E-state index contributed by atoms with van der Waals surface area (Å²) in [6, 6.07) is 1.93. The second-order valence-electron chi connectivity index (χ2n) is 5.06. The number of furan rings is 1. The van der Waals surface area contributed by atoms with Crippen LogP contribution in [-0.4, -0.2) is 38.6 Å². The fraction of sp³-hybridized carbons (Fsp3) is 0.429. The Bertz CT molecular complexity index is 797. The topological polar surface area (TPSA) is 73.3 Å². The maximum Gasteiger partial charge on any atom is 0.164 e. The van der Waals surface area contributed by atoms with Gasteiger partial charge >= 0.3 is 0 Å². The van der Waals surface area contributed by atoms with Crippen LogP contribution in [0.1, 0.15) is 19.1 Å². The number of aliphatic hydroxyl groups excluding tert-OH is 1. The summed E-state index contributed by atoms with van der Waals surface area (Å²) in [5, 5.41) is 11.1. The fourth-order valence-electron chi connectivity index (χ4n) is 2.99. The van der Waals surface area contributed by atoms with E-state index in [0.29, 0.717) is 0 Å². The summed E-state index contributed by atoms with van der Waals surface area (Å²) in [6.45, 7) is 0.0509. The van der Waals surface area contributed by atoms with Gasteiger partial charge in [0.2, 0.25) is 0 Å². The lowest BCUT2D eigenvalue weighted by Gasteiger charge is -2.15. The quantitative estimate of drug-likeness (QED) is 0.592. The van der Waals surface area contributed by atoms with Crippen molar-refractivity contribution in [1.82, 2.24) is 14.5 Å². The van der Waals surface area contributed by atoms with Crippen molar-refractivity contribution < 1.29 is 14.3 Å².